The highest BCUT2D eigenvalue weighted by molar-refractivity contribution is 7.92. The van der Waals surface area contributed by atoms with E-state index in [1.54, 1.807) is 12.1 Å². The molecule has 1 aliphatic rings. The zero-order valence-electron chi connectivity index (χ0n) is 18.5. The molecule has 0 radical (unpaired) electrons. The van der Waals surface area contributed by atoms with Gasteiger partial charge in [0.05, 0.1) is 4.90 Å². The molecule has 5 heteroatoms. The number of hydrogen-bond donors (Lipinski definition) is 1. The number of sulfonamides is 1. The minimum Gasteiger partial charge on any atom is -0.461 e. The molecule has 2 aromatic carbocycles. The predicted molar refractivity (Wildman–Crippen MR) is 123 cm³/mol. The summed E-state index contributed by atoms with van der Waals surface area (Å²) < 4.78 is 34.8. The fourth-order valence-electron chi connectivity index (χ4n) is 4.61. The summed E-state index contributed by atoms with van der Waals surface area (Å²) in [7, 11) is -3.65. The highest BCUT2D eigenvalue weighted by atomic mass is 32.2. The van der Waals surface area contributed by atoms with Gasteiger partial charge >= 0.3 is 0 Å². The Kier molecular flexibility index (Phi) is 5.21. The van der Waals surface area contributed by atoms with Gasteiger partial charge in [0.1, 0.15) is 11.3 Å². The van der Waals surface area contributed by atoms with Crippen LogP contribution in [0.2, 0.25) is 0 Å². The average Bonchev–Trinajstić information content (AvgIpc) is 3.04. The summed E-state index contributed by atoms with van der Waals surface area (Å²) in [4.78, 5) is 0.312. The number of furan rings is 1. The normalized spacial score (nSPS) is 17.2. The number of aryl methyl sites for hydroxylation is 3. The van der Waals surface area contributed by atoms with E-state index in [1.165, 1.54) is 5.56 Å². The molecule has 1 aromatic heterocycles. The van der Waals surface area contributed by atoms with Gasteiger partial charge in [0, 0.05) is 23.1 Å². The second kappa shape index (κ2) is 7.45. The molecule has 0 aliphatic heterocycles. The molecule has 4 nitrogen and oxygen atoms in total. The maximum atomic E-state index is 13.0. The summed E-state index contributed by atoms with van der Waals surface area (Å²) in [6.07, 6.45) is 4.21. The van der Waals surface area contributed by atoms with Crippen molar-refractivity contribution < 1.29 is 12.8 Å². The Labute approximate surface area is 179 Å². The first kappa shape index (κ1) is 21.0. The first-order valence-electron chi connectivity index (χ1n) is 10.7. The van der Waals surface area contributed by atoms with Crippen LogP contribution in [-0.4, -0.2) is 8.42 Å². The second-order valence-corrected chi connectivity index (χ2v) is 11.0. The lowest BCUT2D eigenvalue weighted by molar-refractivity contribution is 0.179. The smallest absolute Gasteiger partial charge is 0.262 e. The van der Waals surface area contributed by atoms with Crippen molar-refractivity contribution in [3.63, 3.8) is 0 Å². The molecule has 0 bridgehead atoms. The third-order valence-corrected chi connectivity index (χ3v) is 8.47. The molecule has 1 heterocycles. The summed E-state index contributed by atoms with van der Waals surface area (Å²) in [5, 5.41) is 1.03. The Balaban J connectivity index is 1.68. The third-order valence-electron chi connectivity index (χ3n) is 6.93. The zero-order chi connectivity index (χ0) is 21.7. The second-order valence-electron chi connectivity index (χ2n) is 9.37. The molecule has 0 amide bonds. The number of anilines is 1. The Hall–Kier alpha value is -2.27. The van der Waals surface area contributed by atoms with Gasteiger partial charge < -0.3 is 4.42 Å². The van der Waals surface area contributed by atoms with E-state index >= 15 is 0 Å². The lowest BCUT2D eigenvalue weighted by Gasteiger charge is -2.36. The largest absolute Gasteiger partial charge is 0.461 e. The summed E-state index contributed by atoms with van der Waals surface area (Å²) in [5.74, 6) is 1.66. The van der Waals surface area contributed by atoms with Crippen LogP contribution >= 0.6 is 0 Å². The SMILES string of the molecule is CCC(C)(C)C1CCc2oc3ccc(NS(=O)(=O)c4ccc(C)cc4C)cc3c2C1. The fraction of sp³-hybridized carbons (Fsp3) is 0.440. The number of rotatable bonds is 5. The first-order valence-corrected chi connectivity index (χ1v) is 12.2. The van der Waals surface area contributed by atoms with Gasteiger partial charge in [0.2, 0.25) is 0 Å². The van der Waals surface area contributed by atoms with E-state index in [2.05, 4.69) is 25.5 Å². The number of benzene rings is 2. The van der Waals surface area contributed by atoms with Crippen LogP contribution in [0, 0.1) is 25.2 Å². The van der Waals surface area contributed by atoms with Crippen molar-refractivity contribution in [3.8, 4) is 0 Å². The Bertz CT molecular complexity index is 1200. The van der Waals surface area contributed by atoms with Gasteiger partial charge in [0.25, 0.3) is 10.0 Å². The Morgan fingerprint density at radius 3 is 2.60 bits per heavy atom. The molecule has 30 heavy (non-hydrogen) atoms. The maximum absolute atomic E-state index is 13.0. The minimum atomic E-state index is -3.65. The lowest BCUT2D eigenvalue weighted by atomic mass is 9.69. The summed E-state index contributed by atoms with van der Waals surface area (Å²) in [5.41, 5.74) is 4.72. The van der Waals surface area contributed by atoms with E-state index in [1.807, 2.05) is 38.1 Å². The molecule has 1 atom stereocenters. The standard InChI is InChI=1S/C25H31NO3S/c1-6-25(4,5)18-8-10-22-20(14-18)21-15-19(9-11-23(21)29-22)26-30(27,28)24-12-7-16(2)13-17(24)3/h7,9,11-13,15,18,26H,6,8,10,14H2,1-5H3. The van der Waals surface area contributed by atoms with Crippen molar-refractivity contribution in [3.05, 3.63) is 58.8 Å². The summed E-state index contributed by atoms with van der Waals surface area (Å²) in [6, 6.07) is 11.0. The highest BCUT2D eigenvalue weighted by Crippen LogP contribution is 2.43. The quantitative estimate of drug-likeness (QED) is 0.515. The van der Waals surface area contributed by atoms with Gasteiger partial charge in [-0.1, -0.05) is 44.9 Å². The van der Waals surface area contributed by atoms with Crippen molar-refractivity contribution >= 4 is 26.7 Å². The summed E-state index contributed by atoms with van der Waals surface area (Å²) >= 11 is 0. The van der Waals surface area contributed by atoms with Crippen LogP contribution in [0.1, 0.15) is 56.1 Å². The molecule has 1 N–H and O–H groups in total. The van der Waals surface area contributed by atoms with E-state index in [-0.39, 0.29) is 5.41 Å². The molecule has 4 rings (SSSR count). The predicted octanol–water partition coefficient (Wildman–Crippen LogP) is 6.39. The van der Waals surface area contributed by atoms with E-state index in [9.17, 15) is 8.42 Å². The molecular formula is C25H31NO3S. The molecule has 160 valence electrons. The van der Waals surface area contributed by atoms with Gasteiger partial charge in [-0.15, -0.1) is 0 Å². The van der Waals surface area contributed by atoms with Gasteiger partial charge in [0.15, 0.2) is 0 Å². The lowest BCUT2D eigenvalue weighted by Crippen LogP contribution is -2.28. The molecule has 1 aliphatic carbocycles. The van der Waals surface area contributed by atoms with Crippen LogP contribution in [0.15, 0.2) is 45.7 Å². The monoisotopic (exact) mass is 425 g/mol. The highest BCUT2D eigenvalue weighted by Gasteiger charge is 2.33. The minimum absolute atomic E-state index is 0.281. The molecule has 0 saturated carbocycles. The van der Waals surface area contributed by atoms with Crippen molar-refractivity contribution in [2.24, 2.45) is 11.3 Å². The molecule has 0 spiro atoms. The van der Waals surface area contributed by atoms with E-state index in [0.29, 0.717) is 16.5 Å². The number of fused-ring (bicyclic) bond motifs is 3. The molecule has 1 unspecified atom stereocenters. The van der Waals surface area contributed by atoms with Gasteiger partial charge in [-0.2, -0.15) is 0 Å². The van der Waals surface area contributed by atoms with Gasteiger partial charge in [-0.25, -0.2) is 8.42 Å². The van der Waals surface area contributed by atoms with E-state index < -0.39 is 10.0 Å². The molecular weight excluding hydrogens is 394 g/mol. The molecule has 0 saturated heterocycles. The Morgan fingerprint density at radius 2 is 1.90 bits per heavy atom. The van der Waals surface area contributed by atoms with E-state index in [4.69, 9.17) is 4.42 Å². The zero-order valence-corrected chi connectivity index (χ0v) is 19.3. The number of nitrogens with one attached hydrogen (secondary N) is 1. The van der Waals surface area contributed by atoms with Crippen LogP contribution in [0.4, 0.5) is 5.69 Å². The van der Waals surface area contributed by atoms with E-state index in [0.717, 1.165) is 53.5 Å². The van der Waals surface area contributed by atoms with Gasteiger partial charge in [-0.05, 0) is 67.9 Å². The average molecular weight is 426 g/mol. The third kappa shape index (κ3) is 3.76. The van der Waals surface area contributed by atoms with Crippen LogP contribution in [0.5, 0.6) is 0 Å². The Morgan fingerprint density at radius 1 is 1.13 bits per heavy atom. The van der Waals surface area contributed by atoms with Gasteiger partial charge in [-0.3, -0.25) is 4.72 Å². The molecule has 3 aromatic rings. The van der Waals surface area contributed by atoms with Crippen LogP contribution < -0.4 is 4.72 Å². The topological polar surface area (TPSA) is 59.3 Å². The van der Waals surface area contributed by atoms with Crippen molar-refractivity contribution in [2.45, 2.75) is 65.2 Å². The van der Waals surface area contributed by atoms with Crippen LogP contribution in [-0.2, 0) is 22.9 Å². The van der Waals surface area contributed by atoms with Crippen molar-refractivity contribution in [1.29, 1.82) is 0 Å². The van der Waals surface area contributed by atoms with Crippen LogP contribution in [0.25, 0.3) is 11.0 Å². The first-order chi connectivity index (χ1) is 14.1. The summed E-state index contributed by atoms with van der Waals surface area (Å²) in [6.45, 7) is 10.7. The molecule has 0 fully saturated rings. The fourth-order valence-corrected chi connectivity index (χ4v) is 5.89. The maximum Gasteiger partial charge on any atom is 0.262 e. The van der Waals surface area contributed by atoms with Crippen molar-refractivity contribution in [1.82, 2.24) is 0 Å². The van der Waals surface area contributed by atoms with Crippen molar-refractivity contribution in [2.75, 3.05) is 4.72 Å². The number of hydrogen-bond acceptors (Lipinski definition) is 3. The van der Waals surface area contributed by atoms with Crippen LogP contribution in [0.3, 0.4) is 0 Å².